The number of amides is 1. The van der Waals surface area contributed by atoms with Crippen LogP contribution in [0.2, 0.25) is 0 Å². The molecule has 1 atom stereocenters. The topological polar surface area (TPSA) is 80.2 Å². The number of carbonyl (C=O) groups is 1. The fraction of sp³-hybridized carbons (Fsp3) is 0.619. The number of nitrogens with one attached hydrogen (secondary N) is 3. The first kappa shape index (κ1) is 22.0. The molecule has 154 valence electrons. The molecule has 1 aliphatic rings. The van der Waals surface area contributed by atoms with Gasteiger partial charge >= 0.3 is 0 Å². The summed E-state index contributed by atoms with van der Waals surface area (Å²) in [4.78, 5) is 15.2. The molecular formula is C21H34N4O3+2. The number of nitrogens with zero attached hydrogens (tertiary/aromatic N) is 1. The first-order valence-corrected chi connectivity index (χ1v) is 9.91. The fourth-order valence-corrected chi connectivity index (χ4v) is 3.45. The van der Waals surface area contributed by atoms with Crippen LogP contribution in [0.1, 0.15) is 26.3 Å². The van der Waals surface area contributed by atoms with E-state index in [0.29, 0.717) is 6.54 Å². The van der Waals surface area contributed by atoms with Crippen LogP contribution < -0.4 is 24.6 Å². The van der Waals surface area contributed by atoms with Crippen LogP contribution in [0.4, 0.5) is 0 Å². The second kappa shape index (κ2) is 9.76. The van der Waals surface area contributed by atoms with Crippen LogP contribution in [-0.4, -0.2) is 58.4 Å². The highest BCUT2D eigenvalue weighted by atomic mass is 16.5. The highest BCUT2D eigenvalue weighted by Gasteiger charge is 2.32. The van der Waals surface area contributed by atoms with Crippen LogP contribution in [-0.2, 0) is 11.3 Å². The predicted molar refractivity (Wildman–Crippen MR) is 107 cm³/mol. The first-order valence-electron chi connectivity index (χ1n) is 9.91. The van der Waals surface area contributed by atoms with Gasteiger partial charge in [0, 0.05) is 5.56 Å². The summed E-state index contributed by atoms with van der Waals surface area (Å²) in [6.45, 7) is 11.0. The lowest BCUT2D eigenvalue weighted by Crippen LogP contribution is -3.28. The molecule has 7 nitrogen and oxygen atoms in total. The van der Waals surface area contributed by atoms with Crippen LogP contribution in [0.25, 0.3) is 0 Å². The Morgan fingerprint density at radius 2 is 1.79 bits per heavy atom. The zero-order valence-electron chi connectivity index (χ0n) is 17.7. The van der Waals surface area contributed by atoms with Crippen molar-refractivity contribution in [3.8, 4) is 17.6 Å². The maximum Gasteiger partial charge on any atom is 0.276 e. The molecular weight excluding hydrogens is 356 g/mol. The molecule has 2 rings (SSSR count). The number of hydrogen-bond acceptors (Lipinski definition) is 4. The van der Waals surface area contributed by atoms with Gasteiger partial charge in [-0.3, -0.25) is 4.79 Å². The Hall–Kier alpha value is -2.30. The molecule has 0 radical (unpaired) electrons. The Morgan fingerprint density at radius 1 is 1.18 bits per heavy atom. The van der Waals surface area contributed by atoms with E-state index in [1.165, 1.54) is 15.4 Å². The van der Waals surface area contributed by atoms with Gasteiger partial charge in [0.05, 0.1) is 20.3 Å². The molecule has 0 aromatic heterocycles. The summed E-state index contributed by atoms with van der Waals surface area (Å²) in [7, 11) is 3.29. The average molecular weight is 391 g/mol. The lowest BCUT2D eigenvalue weighted by molar-refractivity contribution is -1.02. The standard InChI is InChI=1S/C21H32N4O3/c1-16(2)21(3,15-22)23-20(26)14-25-10-8-24(9-11-25)13-17-6-7-18(27-4)19(12-17)28-5/h6-7,12,16H,8-11,13-14H2,1-5H3,(H,23,26)/p+2/t21-/m1/s1. The highest BCUT2D eigenvalue weighted by Crippen LogP contribution is 2.27. The molecule has 1 heterocycles. The molecule has 0 unspecified atom stereocenters. The Labute approximate surface area is 168 Å². The molecule has 0 aliphatic carbocycles. The monoisotopic (exact) mass is 390 g/mol. The molecule has 0 bridgehead atoms. The smallest absolute Gasteiger partial charge is 0.276 e. The van der Waals surface area contributed by atoms with E-state index in [1.54, 1.807) is 21.1 Å². The van der Waals surface area contributed by atoms with E-state index >= 15 is 0 Å². The van der Waals surface area contributed by atoms with Gasteiger partial charge in [-0.15, -0.1) is 0 Å². The fourth-order valence-electron chi connectivity index (χ4n) is 3.45. The largest absolute Gasteiger partial charge is 0.493 e. The van der Waals surface area contributed by atoms with Crippen molar-refractivity contribution in [3.05, 3.63) is 23.8 Å². The van der Waals surface area contributed by atoms with Crippen molar-refractivity contribution >= 4 is 5.91 Å². The third-order valence-corrected chi connectivity index (χ3v) is 5.76. The predicted octanol–water partition coefficient (Wildman–Crippen LogP) is -0.958. The van der Waals surface area contributed by atoms with E-state index in [0.717, 1.165) is 44.2 Å². The van der Waals surface area contributed by atoms with E-state index in [4.69, 9.17) is 9.47 Å². The third kappa shape index (κ3) is 5.60. The summed E-state index contributed by atoms with van der Waals surface area (Å²) in [6, 6.07) is 8.29. The van der Waals surface area contributed by atoms with Gasteiger partial charge < -0.3 is 24.6 Å². The number of carbonyl (C=O) groups excluding carboxylic acids is 1. The lowest BCUT2D eigenvalue weighted by atomic mass is 9.90. The number of benzene rings is 1. The molecule has 0 saturated carbocycles. The van der Waals surface area contributed by atoms with Gasteiger partial charge in [-0.1, -0.05) is 13.8 Å². The van der Waals surface area contributed by atoms with Crippen LogP contribution in [0.5, 0.6) is 11.5 Å². The molecule has 3 N–H and O–H groups in total. The van der Waals surface area contributed by atoms with Gasteiger partial charge in [0.25, 0.3) is 5.91 Å². The Balaban J connectivity index is 1.83. The van der Waals surface area contributed by atoms with E-state index in [-0.39, 0.29) is 11.8 Å². The van der Waals surface area contributed by atoms with Crippen molar-refractivity contribution in [2.45, 2.75) is 32.9 Å². The SMILES string of the molecule is COc1ccc(C[NH+]2CC[NH+](CC(=O)N[C@](C)(C#N)C(C)C)CC2)cc1OC. The van der Waals surface area contributed by atoms with Gasteiger partial charge in [0.1, 0.15) is 38.3 Å². The number of nitriles is 1. The first-order chi connectivity index (χ1) is 13.3. The molecule has 1 amide bonds. The molecule has 7 heteroatoms. The van der Waals surface area contributed by atoms with Crippen molar-refractivity contribution < 1.29 is 24.1 Å². The number of quaternary nitrogens is 2. The van der Waals surface area contributed by atoms with Crippen molar-refractivity contribution in [3.63, 3.8) is 0 Å². The van der Waals surface area contributed by atoms with Crippen molar-refractivity contribution in [1.82, 2.24) is 5.32 Å². The average Bonchev–Trinajstić information content (AvgIpc) is 2.69. The molecule has 28 heavy (non-hydrogen) atoms. The zero-order valence-corrected chi connectivity index (χ0v) is 17.7. The third-order valence-electron chi connectivity index (χ3n) is 5.76. The van der Waals surface area contributed by atoms with Crippen LogP contribution in [0.3, 0.4) is 0 Å². The van der Waals surface area contributed by atoms with E-state index < -0.39 is 5.54 Å². The van der Waals surface area contributed by atoms with Crippen LogP contribution in [0.15, 0.2) is 18.2 Å². The number of rotatable bonds is 8. The Bertz CT molecular complexity index is 708. The van der Waals surface area contributed by atoms with Crippen molar-refractivity contribution in [2.75, 3.05) is 46.9 Å². The Kier molecular flexibility index (Phi) is 7.67. The molecule has 1 aromatic rings. The summed E-state index contributed by atoms with van der Waals surface area (Å²) in [5, 5.41) is 12.3. The number of ether oxygens (including phenoxy) is 2. The molecule has 1 fully saturated rings. The highest BCUT2D eigenvalue weighted by molar-refractivity contribution is 5.78. The van der Waals surface area contributed by atoms with E-state index in [2.05, 4.69) is 17.5 Å². The van der Waals surface area contributed by atoms with E-state index in [9.17, 15) is 10.1 Å². The second-order valence-electron chi connectivity index (χ2n) is 8.06. The zero-order chi connectivity index (χ0) is 20.7. The summed E-state index contributed by atoms with van der Waals surface area (Å²) >= 11 is 0. The number of hydrogen-bond donors (Lipinski definition) is 3. The summed E-state index contributed by atoms with van der Waals surface area (Å²) in [6.07, 6.45) is 0. The minimum atomic E-state index is -0.809. The molecule has 1 aliphatic heterocycles. The second-order valence-corrected chi connectivity index (χ2v) is 8.06. The van der Waals surface area contributed by atoms with Gasteiger partial charge in [-0.2, -0.15) is 5.26 Å². The maximum absolute atomic E-state index is 12.4. The van der Waals surface area contributed by atoms with Crippen molar-refractivity contribution in [2.24, 2.45) is 5.92 Å². The van der Waals surface area contributed by atoms with Crippen LogP contribution >= 0.6 is 0 Å². The normalized spacial score (nSPS) is 21.5. The minimum Gasteiger partial charge on any atom is -0.493 e. The molecule has 1 saturated heterocycles. The Morgan fingerprint density at radius 3 is 2.32 bits per heavy atom. The molecule has 0 spiro atoms. The summed E-state index contributed by atoms with van der Waals surface area (Å²) < 4.78 is 10.7. The number of methoxy groups -OCH3 is 2. The number of piperazine rings is 1. The van der Waals surface area contributed by atoms with Gasteiger partial charge in [-0.25, -0.2) is 0 Å². The van der Waals surface area contributed by atoms with Crippen molar-refractivity contribution in [1.29, 1.82) is 5.26 Å². The minimum absolute atomic E-state index is 0.0453. The van der Waals surface area contributed by atoms with Gasteiger partial charge in [-0.05, 0) is 31.0 Å². The quantitative estimate of drug-likeness (QED) is 0.534. The van der Waals surface area contributed by atoms with Gasteiger partial charge in [0.2, 0.25) is 0 Å². The molecule has 1 aromatic carbocycles. The maximum atomic E-state index is 12.4. The summed E-state index contributed by atoms with van der Waals surface area (Å²) in [5.74, 6) is 1.52. The summed E-state index contributed by atoms with van der Waals surface area (Å²) in [5.41, 5.74) is 0.410. The lowest BCUT2D eigenvalue weighted by Gasteiger charge is -2.31. The van der Waals surface area contributed by atoms with E-state index in [1.807, 2.05) is 26.0 Å². The van der Waals surface area contributed by atoms with Crippen LogP contribution in [0, 0.1) is 17.2 Å². The van der Waals surface area contributed by atoms with Gasteiger partial charge in [0.15, 0.2) is 18.0 Å².